The number of benzene rings is 2. The highest BCUT2D eigenvalue weighted by atomic mass is 16.5. The molecule has 3 nitrogen and oxygen atoms in total. The summed E-state index contributed by atoms with van der Waals surface area (Å²) in [6, 6.07) is 13.7. The van der Waals surface area contributed by atoms with Crippen LogP contribution in [0, 0.1) is 5.92 Å². The van der Waals surface area contributed by atoms with E-state index >= 15 is 0 Å². The summed E-state index contributed by atoms with van der Waals surface area (Å²) in [7, 11) is 1.38. The number of esters is 1. The third-order valence-corrected chi connectivity index (χ3v) is 3.81. The van der Waals surface area contributed by atoms with E-state index in [1.54, 1.807) is 0 Å². The van der Waals surface area contributed by atoms with E-state index in [2.05, 4.69) is 4.74 Å². The Bertz CT molecular complexity index is 646. The van der Waals surface area contributed by atoms with Crippen LogP contribution in [0.4, 0.5) is 0 Å². The van der Waals surface area contributed by atoms with E-state index in [9.17, 15) is 9.59 Å². The van der Waals surface area contributed by atoms with Gasteiger partial charge in [0.25, 0.3) is 0 Å². The first-order valence-electron chi connectivity index (χ1n) is 7.22. The molecule has 0 aliphatic carbocycles. The molecule has 0 aromatic heterocycles. The number of carbonyl (C=O) groups excluding carboxylic acids is 2. The maximum atomic E-state index is 12.4. The van der Waals surface area contributed by atoms with Crippen LogP contribution in [-0.2, 0) is 9.53 Å². The smallest absolute Gasteiger partial charge is 0.305 e. The number of hydrogen-bond acceptors (Lipinski definition) is 3. The van der Waals surface area contributed by atoms with Crippen molar-refractivity contribution in [3.8, 4) is 0 Å². The van der Waals surface area contributed by atoms with Crippen molar-refractivity contribution in [3.05, 3.63) is 48.0 Å². The largest absolute Gasteiger partial charge is 0.469 e. The molecule has 2 aromatic carbocycles. The van der Waals surface area contributed by atoms with Gasteiger partial charge in [-0.2, -0.15) is 0 Å². The second-order valence-corrected chi connectivity index (χ2v) is 5.24. The Balaban J connectivity index is 2.11. The lowest BCUT2D eigenvalue weighted by Gasteiger charge is -2.12. The molecule has 0 saturated carbocycles. The Hall–Kier alpha value is -2.16. The number of rotatable bonds is 6. The van der Waals surface area contributed by atoms with Gasteiger partial charge in [0.1, 0.15) is 0 Å². The third kappa shape index (κ3) is 3.91. The fraction of sp³-hybridized carbons (Fsp3) is 0.333. The number of hydrogen-bond donors (Lipinski definition) is 0. The topological polar surface area (TPSA) is 43.4 Å². The van der Waals surface area contributed by atoms with Gasteiger partial charge in [-0.05, 0) is 22.8 Å². The van der Waals surface area contributed by atoms with E-state index in [-0.39, 0.29) is 17.7 Å². The lowest BCUT2D eigenvalue weighted by atomic mass is 9.92. The van der Waals surface area contributed by atoms with Crippen molar-refractivity contribution in [1.29, 1.82) is 0 Å². The highest BCUT2D eigenvalue weighted by Crippen LogP contribution is 2.21. The van der Waals surface area contributed by atoms with Gasteiger partial charge in [-0.15, -0.1) is 0 Å². The molecule has 21 heavy (non-hydrogen) atoms. The van der Waals surface area contributed by atoms with Crippen LogP contribution in [0.2, 0.25) is 0 Å². The Morgan fingerprint density at radius 3 is 2.43 bits per heavy atom. The van der Waals surface area contributed by atoms with Gasteiger partial charge in [0, 0.05) is 18.4 Å². The Morgan fingerprint density at radius 1 is 1.05 bits per heavy atom. The number of carbonyl (C=O) groups is 2. The van der Waals surface area contributed by atoms with Gasteiger partial charge in [-0.1, -0.05) is 49.7 Å². The van der Waals surface area contributed by atoms with E-state index in [1.165, 1.54) is 7.11 Å². The molecule has 0 spiro atoms. The number of methoxy groups -OCH3 is 1. The first kappa shape index (κ1) is 15.2. The predicted molar refractivity (Wildman–Crippen MR) is 83.3 cm³/mol. The summed E-state index contributed by atoms with van der Waals surface area (Å²) in [6.07, 6.45) is 1.46. The number of ether oxygens (including phenoxy) is 1. The minimum absolute atomic E-state index is 0.0384. The van der Waals surface area contributed by atoms with Crippen LogP contribution >= 0.6 is 0 Å². The van der Waals surface area contributed by atoms with Gasteiger partial charge < -0.3 is 4.74 Å². The highest BCUT2D eigenvalue weighted by molar-refractivity contribution is 6.00. The van der Waals surface area contributed by atoms with Gasteiger partial charge >= 0.3 is 5.97 Å². The van der Waals surface area contributed by atoms with Gasteiger partial charge in [0.05, 0.1) is 7.11 Å². The average Bonchev–Trinajstić information content (AvgIpc) is 2.53. The van der Waals surface area contributed by atoms with Crippen molar-refractivity contribution in [2.45, 2.75) is 26.2 Å². The van der Waals surface area contributed by atoms with Crippen LogP contribution < -0.4 is 0 Å². The van der Waals surface area contributed by atoms with Crippen molar-refractivity contribution in [2.75, 3.05) is 7.11 Å². The minimum atomic E-state index is -0.256. The van der Waals surface area contributed by atoms with Gasteiger partial charge in [-0.3, -0.25) is 9.59 Å². The lowest BCUT2D eigenvalue weighted by molar-refractivity contribution is -0.141. The summed E-state index contributed by atoms with van der Waals surface area (Å²) in [5.41, 5.74) is 0.706. The summed E-state index contributed by atoms with van der Waals surface area (Å²) >= 11 is 0. The van der Waals surface area contributed by atoms with Gasteiger partial charge in [0.2, 0.25) is 0 Å². The van der Waals surface area contributed by atoms with Gasteiger partial charge in [0.15, 0.2) is 5.78 Å². The predicted octanol–water partition coefficient (Wildman–Crippen LogP) is 4.00. The molecular weight excluding hydrogens is 264 g/mol. The molecule has 0 heterocycles. The summed E-state index contributed by atoms with van der Waals surface area (Å²) in [5.74, 6) is -0.138. The number of Topliss-reactive ketones (excluding diaryl/α,β-unsaturated/α-hetero) is 1. The van der Waals surface area contributed by atoms with Crippen LogP contribution in [0.3, 0.4) is 0 Å². The van der Waals surface area contributed by atoms with Crippen molar-refractivity contribution in [3.63, 3.8) is 0 Å². The number of ketones is 1. The van der Waals surface area contributed by atoms with Crippen molar-refractivity contribution >= 4 is 22.5 Å². The summed E-state index contributed by atoms with van der Waals surface area (Å²) < 4.78 is 4.68. The lowest BCUT2D eigenvalue weighted by Crippen LogP contribution is -2.13. The van der Waals surface area contributed by atoms with Crippen molar-refractivity contribution < 1.29 is 14.3 Å². The molecule has 0 radical (unpaired) electrons. The first-order valence-corrected chi connectivity index (χ1v) is 7.22. The Kier molecular flexibility index (Phi) is 5.09. The zero-order valence-corrected chi connectivity index (χ0v) is 12.5. The van der Waals surface area contributed by atoms with Crippen LogP contribution in [0.25, 0.3) is 10.8 Å². The number of fused-ring (bicyclic) bond motifs is 1. The molecule has 2 aromatic rings. The molecule has 0 N–H and O–H groups in total. The summed E-state index contributed by atoms with van der Waals surface area (Å²) in [6.45, 7) is 1.99. The second kappa shape index (κ2) is 7.02. The summed E-state index contributed by atoms with van der Waals surface area (Å²) in [4.78, 5) is 23.7. The van der Waals surface area contributed by atoms with Crippen LogP contribution in [-0.4, -0.2) is 18.9 Å². The molecule has 1 atom stereocenters. The quantitative estimate of drug-likeness (QED) is 0.595. The highest BCUT2D eigenvalue weighted by Gasteiger charge is 2.17. The zero-order valence-electron chi connectivity index (χ0n) is 12.5. The van der Waals surface area contributed by atoms with E-state index in [0.717, 1.165) is 17.2 Å². The van der Waals surface area contributed by atoms with E-state index in [0.29, 0.717) is 18.4 Å². The SMILES string of the molecule is CC[C@@H](CC(=O)OC)CC(=O)c1ccc2ccccc2c1. The molecule has 0 unspecified atom stereocenters. The molecule has 0 fully saturated rings. The zero-order chi connectivity index (χ0) is 15.2. The van der Waals surface area contributed by atoms with Gasteiger partial charge in [-0.25, -0.2) is 0 Å². The molecule has 0 saturated heterocycles. The second-order valence-electron chi connectivity index (χ2n) is 5.24. The van der Waals surface area contributed by atoms with Crippen LogP contribution in [0.1, 0.15) is 36.5 Å². The van der Waals surface area contributed by atoms with E-state index < -0.39 is 0 Å². The first-order chi connectivity index (χ1) is 10.1. The average molecular weight is 284 g/mol. The molecule has 110 valence electrons. The monoisotopic (exact) mass is 284 g/mol. The Morgan fingerprint density at radius 2 is 1.76 bits per heavy atom. The fourth-order valence-electron chi connectivity index (χ4n) is 2.42. The Labute approximate surface area is 124 Å². The molecule has 3 heteroatoms. The van der Waals surface area contributed by atoms with Crippen LogP contribution in [0.15, 0.2) is 42.5 Å². The standard InChI is InChI=1S/C18H20O3/c1-3-13(11-18(20)21-2)10-17(19)16-9-8-14-6-4-5-7-15(14)12-16/h4-9,12-13H,3,10-11H2,1-2H3/t13-/m1/s1. The summed E-state index contributed by atoms with van der Waals surface area (Å²) in [5, 5.41) is 2.18. The van der Waals surface area contributed by atoms with Crippen molar-refractivity contribution in [1.82, 2.24) is 0 Å². The molecule has 0 bridgehead atoms. The van der Waals surface area contributed by atoms with E-state index in [1.807, 2.05) is 49.4 Å². The minimum Gasteiger partial charge on any atom is -0.469 e. The third-order valence-electron chi connectivity index (χ3n) is 3.81. The maximum Gasteiger partial charge on any atom is 0.305 e. The molecule has 0 aliphatic rings. The maximum absolute atomic E-state index is 12.4. The molecule has 0 aliphatic heterocycles. The van der Waals surface area contributed by atoms with E-state index in [4.69, 9.17) is 0 Å². The molecule has 0 amide bonds. The fourth-order valence-corrected chi connectivity index (χ4v) is 2.42. The molecule has 2 rings (SSSR count). The normalized spacial score (nSPS) is 12.1. The van der Waals surface area contributed by atoms with Crippen LogP contribution in [0.5, 0.6) is 0 Å². The molecular formula is C18H20O3. The van der Waals surface area contributed by atoms with Crippen molar-refractivity contribution in [2.24, 2.45) is 5.92 Å².